The van der Waals surface area contributed by atoms with Crippen molar-refractivity contribution in [3.05, 3.63) is 48.6 Å². The normalized spacial score (nSPS) is 29.1. The topological polar surface area (TPSA) is 29.5 Å². The molecule has 0 saturated carbocycles. The summed E-state index contributed by atoms with van der Waals surface area (Å²) in [7, 11) is 0. The fraction of sp³-hybridized carbons (Fsp3) is 0.357. The summed E-state index contributed by atoms with van der Waals surface area (Å²) in [6, 6.07) is 9.97. The van der Waals surface area contributed by atoms with Gasteiger partial charge in [0, 0.05) is 6.54 Å². The van der Waals surface area contributed by atoms with Gasteiger partial charge in [0.1, 0.15) is 6.29 Å². The molecule has 3 atom stereocenters. The molecule has 0 N–H and O–H groups in total. The summed E-state index contributed by atoms with van der Waals surface area (Å²) >= 11 is 0. The van der Waals surface area contributed by atoms with Crippen LogP contribution in [0.5, 0.6) is 0 Å². The summed E-state index contributed by atoms with van der Waals surface area (Å²) < 4.78 is 0. The van der Waals surface area contributed by atoms with Crippen molar-refractivity contribution in [1.29, 1.82) is 0 Å². The van der Waals surface area contributed by atoms with E-state index < -0.39 is 0 Å². The van der Waals surface area contributed by atoms with Gasteiger partial charge >= 0.3 is 0 Å². The van der Waals surface area contributed by atoms with Crippen LogP contribution in [0.15, 0.2) is 43.0 Å². The Hall–Kier alpha value is -1.45. The standard InChI is InChI=1S/C14H17NO2/c1-3-9-15-14(12-7-5-4-6-8-12)13(10-16)11(2)17-15/h3-8,10-11,13-14H,1,9H2,2H3/t11-,13-,14+/m1/s1. The number of carbonyl (C=O) groups excluding carboxylic acids is 1. The molecule has 1 aromatic carbocycles. The van der Waals surface area contributed by atoms with E-state index in [1.807, 2.05) is 42.3 Å². The number of hydrogen-bond acceptors (Lipinski definition) is 3. The Morgan fingerprint density at radius 3 is 2.71 bits per heavy atom. The van der Waals surface area contributed by atoms with Crippen LogP contribution in [-0.4, -0.2) is 24.0 Å². The van der Waals surface area contributed by atoms with E-state index in [0.717, 1.165) is 11.8 Å². The Bertz CT molecular complexity index is 390. The lowest BCUT2D eigenvalue weighted by Gasteiger charge is -2.22. The number of nitrogens with zero attached hydrogens (tertiary/aromatic N) is 1. The number of rotatable bonds is 4. The molecule has 0 radical (unpaired) electrons. The molecular formula is C14H17NO2. The first kappa shape index (κ1) is 12.0. The van der Waals surface area contributed by atoms with Gasteiger partial charge in [0.25, 0.3) is 0 Å². The van der Waals surface area contributed by atoms with Crippen LogP contribution in [0.2, 0.25) is 0 Å². The third-order valence-electron chi connectivity index (χ3n) is 3.13. The quantitative estimate of drug-likeness (QED) is 0.588. The molecule has 0 aliphatic carbocycles. The van der Waals surface area contributed by atoms with E-state index in [2.05, 4.69) is 6.58 Å². The second-order valence-corrected chi connectivity index (χ2v) is 4.27. The van der Waals surface area contributed by atoms with Crippen LogP contribution in [-0.2, 0) is 9.63 Å². The summed E-state index contributed by atoms with van der Waals surface area (Å²) in [5.41, 5.74) is 1.11. The van der Waals surface area contributed by atoms with Crippen molar-refractivity contribution in [1.82, 2.24) is 5.06 Å². The molecular weight excluding hydrogens is 214 g/mol. The highest BCUT2D eigenvalue weighted by Gasteiger charge is 2.41. The van der Waals surface area contributed by atoms with E-state index in [4.69, 9.17) is 4.84 Å². The van der Waals surface area contributed by atoms with Gasteiger partial charge in [-0.05, 0) is 12.5 Å². The van der Waals surface area contributed by atoms with Crippen LogP contribution >= 0.6 is 0 Å². The van der Waals surface area contributed by atoms with Crippen molar-refractivity contribution in [2.75, 3.05) is 6.54 Å². The zero-order valence-corrected chi connectivity index (χ0v) is 9.95. The molecule has 3 nitrogen and oxygen atoms in total. The van der Waals surface area contributed by atoms with Gasteiger partial charge in [-0.25, -0.2) is 0 Å². The highest BCUT2D eigenvalue weighted by atomic mass is 16.7. The summed E-state index contributed by atoms with van der Waals surface area (Å²) in [5.74, 6) is -0.127. The Morgan fingerprint density at radius 1 is 1.41 bits per heavy atom. The lowest BCUT2D eigenvalue weighted by atomic mass is 9.91. The van der Waals surface area contributed by atoms with Crippen LogP contribution in [0, 0.1) is 5.92 Å². The molecule has 1 aliphatic rings. The molecule has 1 saturated heterocycles. The molecule has 17 heavy (non-hydrogen) atoms. The second-order valence-electron chi connectivity index (χ2n) is 4.27. The molecule has 0 unspecified atom stereocenters. The maximum atomic E-state index is 11.2. The van der Waals surface area contributed by atoms with Crippen molar-refractivity contribution in [2.24, 2.45) is 5.92 Å². The maximum Gasteiger partial charge on any atom is 0.127 e. The number of hydroxylamine groups is 2. The Balaban J connectivity index is 2.31. The molecule has 0 spiro atoms. The Labute approximate surface area is 102 Å². The average molecular weight is 231 g/mol. The first-order chi connectivity index (χ1) is 8.27. The monoisotopic (exact) mass is 231 g/mol. The van der Waals surface area contributed by atoms with E-state index in [-0.39, 0.29) is 18.1 Å². The van der Waals surface area contributed by atoms with Gasteiger partial charge < -0.3 is 4.79 Å². The van der Waals surface area contributed by atoms with Crippen molar-refractivity contribution >= 4 is 6.29 Å². The molecule has 0 aromatic heterocycles. The van der Waals surface area contributed by atoms with E-state index in [9.17, 15) is 4.79 Å². The van der Waals surface area contributed by atoms with Gasteiger partial charge in [0.2, 0.25) is 0 Å². The summed E-state index contributed by atoms with van der Waals surface area (Å²) in [6.07, 6.45) is 2.69. The van der Waals surface area contributed by atoms with Gasteiger partial charge in [-0.2, -0.15) is 5.06 Å². The fourth-order valence-corrected chi connectivity index (χ4v) is 2.31. The van der Waals surface area contributed by atoms with E-state index in [1.165, 1.54) is 0 Å². The lowest BCUT2D eigenvalue weighted by molar-refractivity contribution is -0.151. The predicted octanol–water partition coefficient (Wildman–Crippen LogP) is 2.36. The van der Waals surface area contributed by atoms with E-state index >= 15 is 0 Å². The van der Waals surface area contributed by atoms with Crippen LogP contribution < -0.4 is 0 Å². The van der Waals surface area contributed by atoms with Crippen molar-refractivity contribution in [2.45, 2.75) is 19.1 Å². The van der Waals surface area contributed by atoms with Crippen molar-refractivity contribution < 1.29 is 9.63 Å². The fourth-order valence-electron chi connectivity index (χ4n) is 2.31. The Morgan fingerprint density at radius 2 is 2.12 bits per heavy atom. The number of hydrogen-bond donors (Lipinski definition) is 0. The van der Waals surface area contributed by atoms with Crippen LogP contribution in [0.25, 0.3) is 0 Å². The second kappa shape index (κ2) is 5.25. The lowest BCUT2D eigenvalue weighted by Crippen LogP contribution is -2.25. The van der Waals surface area contributed by atoms with Gasteiger partial charge in [0.05, 0.1) is 18.1 Å². The zero-order valence-electron chi connectivity index (χ0n) is 9.95. The number of benzene rings is 1. The van der Waals surface area contributed by atoms with Gasteiger partial charge in [0.15, 0.2) is 0 Å². The highest BCUT2D eigenvalue weighted by Crippen LogP contribution is 2.37. The summed E-state index contributed by atoms with van der Waals surface area (Å²) in [4.78, 5) is 16.9. The largest absolute Gasteiger partial charge is 0.303 e. The predicted molar refractivity (Wildman–Crippen MR) is 66.2 cm³/mol. The Kier molecular flexibility index (Phi) is 3.71. The average Bonchev–Trinajstić information content (AvgIpc) is 2.67. The molecule has 3 heteroatoms. The third kappa shape index (κ3) is 2.30. The first-order valence-corrected chi connectivity index (χ1v) is 5.82. The number of aldehydes is 1. The molecule has 1 aliphatic heterocycles. The minimum Gasteiger partial charge on any atom is -0.303 e. The van der Waals surface area contributed by atoms with Crippen LogP contribution in [0.3, 0.4) is 0 Å². The van der Waals surface area contributed by atoms with Gasteiger partial charge in [-0.1, -0.05) is 36.4 Å². The van der Waals surface area contributed by atoms with E-state index in [0.29, 0.717) is 6.54 Å². The smallest absolute Gasteiger partial charge is 0.127 e. The molecule has 90 valence electrons. The van der Waals surface area contributed by atoms with Gasteiger partial charge in [-0.15, -0.1) is 6.58 Å². The molecule has 1 aromatic rings. The van der Waals surface area contributed by atoms with Crippen LogP contribution in [0.1, 0.15) is 18.5 Å². The molecule has 0 bridgehead atoms. The summed E-state index contributed by atoms with van der Waals surface area (Å²) in [6.45, 7) is 6.27. The maximum absolute atomic E-state index is 11.2. The molecule has 2 rings (SSSR count). The van der Waals surface area contributed by atoms with Crippen molar-refractivity contribution in [3.8, 4) is 0 Å². The molecule has 1 heterocycles. The minimum absolute atomic E-state index is 0.0123. The molecule has 1 fully saturated rings. The highest BCUT2D eigenvalue weighted by molar-refractivity contribution is 5.57. The van der Waals surface area contributed by atoms with E-state index in [1.54, 1.807) is 6.08 Å². The molecule has 0 amide bonds. The minimum atomic E-state index is -0.127. The SMILES string of the molecule is C=CCN1O[C@H](C)[C@@H](C=O)[C@@H]1c1ccccc1. The van der Waals surface area contributed by atoms with Gasteiger partial charge in [-0.3, -0.25) is 4.84 Å². The number of carbonyl (C=O) groups is 1. The first-order valence-electron chi connectivity index (χ1n) is 5.82. The zero-order chi connectivity index (χ0) is 12.3. The third-order valence-corrected chi connectivity index (χ3v) is 3.13. The van der Waals surface area contributed by atoms with Crippen LogP contribution in [0.4, 0.5) is 0 Å². The van der Waals surface area contributed by atoms with Crippen molar-refractivity contribution in [3.63, 3.8) is 0 Å². The summed E-state index contributed by atoms with van der Waals surface area (Å²) in [5, 5.41) is 1.84.